The number of benzene rings is 1. The maximum atomic E-state index is 4.27. The molecule has 1 aliphatic rings. The van der Waals surface area contributed by atoms with Gasteiger partial charge < -0.3 is 10.6 Å². The predicted molar refractivity (Wildman–Crippen MR) is 118 cm³/mol. The van der Waals surface area contributed by atoms with E-state index in [1.807, 2.05) is 7.05 Å². The number of guanidine groups is 1. The number of aliphatic imine (C=N–C) groups is 1. The summed E-state index contributed by atoms with van der Waals surface area (Å²) in [5.74, 6) is 1.53. The van der Waals surface area contributed by atoms with Crippen LogP contribution in [-0.2, 0) is 6.54 Å². The van der Waals surface area contributed by atoms with E-state index in [1.54, 1.807) is 0 Å². The van der Waals surface area contributed by atoms with E-state index < -0.39 is 0 Å². The number of nitrogens with zero attached hydrogens (tertiary/aromatic N) is 3. The molecule has 0 amide bonds. The predicted octanol–water partition coefficient (Wildman–Crippen LogP) is 2.24. The van der Waals surface area contributed by atoms with Gasteiger partial charge in [0, 0.05) is 59.4 Å². The molecule has 1 fully saturated rings. The third-order valence-corrected chi connectivity index (χ3v) is 4.34. The first-order valence-electron chi connectivity index (χ1n) is 9.10. The highest BCUT2D eigenvalue weighted by atomic mass is 127. The molecule has 5 nitrogen and oxygen atoms in total. The number of rotatable bonds is 7. The van der Waals surface area contributed by atoms with Gasteiger partial charge in [-0.1, -0.05) is 44.2 Å². The molecule has 0 bridgehead atoms. The second-order valence-corrected chi connectivity index (χ2v) is 6.88. The summed E-state index contributed by atoms with van der Waals surface area (Å²) in [6.45, 7) is 13.0. The quantitative estimate of drug-likeness (QED) is 0.373. The van der Waals surface area contributed by atoms with E-state index >= 15 is 0 Å². The molecule has 1 aliphatic heterocycles. The number of halogens is 1. The van der Waals surface area contributed by atoms with Crippen molar-refractivity contribution in [2.75, 3.05) is 52.9 Å². The van der Waals surface area contributed by atoms with Crippen LogP contribution >= 0.6 is 24.0 Å². The van der Waals surface area contributed by atoms with Gasteiger partial charge >= 0.3 is 0 Å². The van der Waals surface area contributed by atoms with Crippen molar-refractivity contribution in [2.24, 2.45) is 10.9 Å². The van der Waals surface area contributed by atoms with Crippen molar-refractivity contribution in [1.82, 2.24) is 20.4 Å². The fraction of sp³-hybridized carbons (Fsp3) is 0.632. The monoisotopic (exact) mass is 459 g/mol. The highest BCUT2D eigenvalue weighted by Gasteiger charge is 2.16. The average molecular weight is 459 g/mol. The molecule has 0 unspecified atom stereocenters. The van der Waals surface area contributed by atoms with E-state index in [2.05, 4.69) is 69.6 Å². The average Bonchev–Trinajstić information content (AvgIpc) is 2.60. The van der Waals surface area contributed by atoms with Crippen molar-refractivity contribution >= 4 is 29.9 Å². The third kappa shape index (κ3) is 8.87. The summed E-state index contributed by atoms with van der Waals surface area (Å²) in [6, 6.07) is 10.8. The van der Waals surface area contributed by atoms with Crippen molar-refractivity contribution in [3.05, 3.63) is 35.9 Å². The first kappa shape index (κ1) is 22.2. The van der Waals surface area contributed by atoms with Crippen LogP contribution in [0.5, 0.6) is 0 Å². The van der Waals surface area contributed by atoms with E-state index in [1.165, 1.54) is 5.56 Å². The zero-order chi connectivity index (χ0) is 17.2. The summed E-state index contributed by atoms with van der Waals surface area (Å²) in [6.07, 6.45) is 0. The van der Waals surface area contributed by atoms with Gasteiger partial charge in [0.2, 0.25) is 0 Å². The van der Waals surface area contributed by atoms with Crippen LogP contribution in [-0.4, -0.2) is 68.6 Å². The van der Waals surface area contributed by atoms with Gasteiger partial charge in [-0.05, 0) is 11.5 Å². The fourth-order valence-electron chi connectivity index (χ4n) is 2.87. The van der Waals surface area contributed by atoms with Gasteiger partial charge in [0.25, 0.3) is 0 Å². The SMILES string of the molecule is CN=C(NCCN1CCN(Cc2ccccc2)CC1)NCC(C)C.I. The summed E-state index contributed by atoms with van der Waals surface area (Å²) >= 11 is 0. The van der Waals surface area contributed by atoms with E-state index in [0.717, 1.165) is 58.3 Å². The Bertz CT molecular complexity index is 484. The summed E-state index contributed by atoms with van der Waals surface area (Å²) < 4.78 is 0. The zero-order valence-corrected chi connectivity index (χ0v) is 18.2. The molecule has 2 N–H and O–H groups in total. The number of hydrogen-bond donors (Lipinski definition) is 2. The molecule has 0 radical (unpaired) electrons. The molecule has 25 heavy (non-hydrogen) atoms. The van der Waals surface area contributed by atoms with Crippen LogP contribution in [0.2, 0.25) is 0 Å². The smallest absolute Gasteiger partial charge is 0.191 e. The van der Waals surface area contributed by atoms with Crippen molar-refractivity contribution < 1.29 is 0 Å². The molecular formula is C19H34IN5. The summed E-state index contributed by atoms with van der Waals surface area (Å²) in [5, 5.41) is 6.76. The molecule has 1 saturated heterocycles. The Hall–Kier alpha value is -0.860. The highest BCUT2D eigenvalue weighted by Crippen LogP contribution is 2.07. The Labute approximate surface area is 170 Å². The van der Waals surface area contributed by atoms with Crippen LogP contribution in [0.3, 0.4) is 0 Å². The number of piperazine rings is 1. The molecule has 142 valence electrons. The number of nitrogens with one attached hydrogen (secondary N) is 2. The normalized spacial score (nSPS) is 16.6. The Kier molecular flexibility index (Phi) is 11.1. The molecule has 0 spiro atoms. The van der Waals surface area contributed by atoms with Gasteiger partial charge in [-0.25, -0.2) is 0 Å². The van der Waals surface area contributed by atoms with Crippen LogP contribution < -0.4 is 10.6 Å². The summed E-state index contributed by atoms with van der Waals surface area (Å²) in [5.41, 5.74) is 1.41. The third-order valence-electron chi connectivity index (χ3n) is 4.34. The maximum Gasteiger partial charge on any atom is 0.191 e. The minimum atomic E-state index is 0. The molecular weight excluding hydrogens is 425 g/mol. The Balaban J connectivity index is 0.00000312. The van der Waals surface area contributed by atoms with Crippen LogP contribution in [0.1, 0.15) is 19.4 Å². The topological polar surface area (TPSA) is 42.9 Å². The molecule has 1 heterocycles. The molecule has 6 heteroatoms. The lowest BCUT2D eigenvalue weighted by Crippen LogP contribution is -2.49. The lowest BCUT2D eigenvalue weighted by atomic mass is 10.2. The summed E-state index contributed by atoms with van der Waals surface area (Å²) in [7, 11) is 1.83. The highest BCUT2D eigenvalue weighted by molar-refractivity contribution is 14.0. The van der Waals surface area contributed by atoms with Gasteiger partial charge in [-0.3, -0.25) is 14.8 Å². The Morgan fingerprint density at radius 3 is 2.28 bits per heavy atom. The largest absolute Gasteiger partial charge is 0.356 e. The van der Waals surface area contributed by atoms with Crippen LogP contribution in [0, 0.1) is 5.92 Å². The van der Waals surface area contributed by atoms with Gasteiger partial charge in [-0.15, -0.1) is 24.0 Å². The van der Waals surface area contributed by atoms with Crippen LogP contribution in [0.4, 0.5) is 0 Å². The molecule has 0 atom stereocenters. The van der Waals surface area contributed by atoms with Crippen molar-refractivity contribution in [3.8, 4) is 0 Å². The van der Waals surface area contributed by atoms with Gasteiger partial charge in [0.05, 0.1) is 0 Å². The Morgan fingerprint density at radius 1 is 1.04 bits per heavy atom. The Morgan fingerprint density at radius 2 is 1.68 bits per heavy atom. The first-order valence-corrected chi connectivity index (χ1v) is 9.10. The van der Waals surface area contributed by atoms with Crippen molar-refractivity contribution in [2.45, 2.75) is 20.4 Å². The lowest BCUT2D eigenvalue weighted by Gasteiger charge is -2.34. The lowest BCUT2D eigenvalue weighted by molar-refractivity contribution is 0.129. The van der Waals surface area contributed by atoms with Gasteiger partial charge in [-0.2, -0.15) is 0 Å². The molecule has 1 aromatic carbocycles. The molecule has 2 rings (SSSR count). The fourth-order valence-corrected chi connectivity index (χ4v) is 2.87. The summed E-state index contributed by atoms with van der Waals surface area (Å²) in [4.78, 5) is 9.35. The molecule has 0 saturated carbocycles. The standard InChI is InChI=1S/C19H33N5.HI/c1-17(2)15-22-19(20-3)21-9-10-23-11-13-24(14-12-23)16-18-7-5-4-6-8-18;/h4-8,17H,9-16H2,1-3H3,(H2,20,21,22);1H. The van der Waals surface area contributed by atoms with E-state index in [-0.39, 0.29) is 24.0 Å². The minimum Gasteiger partial charge on any atom is -0.356 e. The van der Waals surface area contributed by atoms with Gasteiger partial charge in [0.1, 0.15) is 0 Å². The molecule has 0 aliphatic carbocycles. The molecule has 0 aromatic heterocycles. The maximum absolute atomic E-state index is 4.27. The first-order chi connectivity index (χ1) is 11.7. The second kappa shape index (κ2) is 12.5. The van der Waals surface area contributed by atoms with Crippen LogP contribution in [0.15, 0.2) is 35.3 Å². The van der Waals surface area contributed by atoms with Crippen molar-refractivity contribution in [3.63, 3.8) is 0 Å². The van der Waals surface area contributed by atoms with E-state index in [9.17, 15) is 0 Å². The van der Waals surface area contributed by atoms with E-state index in [4.69, 9.17) is 0 Å². The van der Waals surface area contributed by atoms with Crippen LogP contribution in [0.25, 0.3) is 0 Å². The van der Waals surface area contributed by atoms with E-state index in [0.29, 0.717) is 5.92 Å². The second-order valence-electron chi connectivity index (χ2n) is 6.88. The molecule has 1 aromatic rings. The van der Waals surface area contributed by atoms with Crippen molar-refractivity contribution in [1.29, 1.82) is 0 Å². The minimum absolute atomic E-state index is 0. The zero-order valence-electron chi connectivity index (χ0n) is 15.9. The number of hydrogen-bond acceptors (Lipinski definition) is 3. The van der Waals surface area contributed by atoms with Gasteiger partial charge in [0.15, 0.2) is 5.96 Å².